The minimum atomic E-state index is -0.973. The molecule has 1 heterocycles. The summed E-state index contributed by atoms with van der Waals surface area (Å²) in [5, 5.41) is 0. The molecule has 2 atom stereocenters. The van der Waals surface area contributed by atoms with E-state index in [-0.39, 0.29) is 6.29 Å². The highest BCUT2D eigenvalue weighted by Crippen LogP contribution is 2.29. The molecule has 2 unspecified atom stereocenters. The predicted octanol–water partition coefficient (Wildman–Crippen LogP) is 2.43. The fourth-order valence-corrected chi connectivity index (χ4v) is 2.35. The third-order valence-electron chi connectivity index (χ3n) is 3.84. The molecule has 132 valence electrons. The van der Waals surface area contributed by atoms with Gasteiger partial charge < -0.3 is 28.4 Å². The molecule has 0 radical (unpaired) electrons. The third kappa shape index (κ3) is 5.88. The van der Waals surface area contributed by atoms with Crippen molar-refractivity contribution in [3.8, 4) is 11.8 Å². The van der Waals surface area contributed by atoms with E-state index in [1.165, 1.54) is 0 Å². The summed E-state index contributed by atoms with van der Waals surface area (Å²) in [6, 6.07) is 0. The van der Waals surface area contributed by atoms with Gasteiger partial charge in [-0.15, -0.1) is 11.8 Å². The molecule has 0 amide bonds. The Morgan fingerprint density at radius 2 is 1.70 bits per heavy atom. The highest BCUT2D eigenvalue weighted by atomic mass is 16.9. The van der Waals surface area contributed by atoms with Crippen molar-refractivity contribution in [3.05, 3.63) is 12.2 Å². The molecule has 0 aromatic carbocycles. The second kappa shape index (κ2) is 10.0. The summed E-state index contributed by atoms with van der Waals surface area (Å²) in [5.41, 5.74) is 0. The van der Waals surface area contributed by atoms with E-state index < -0.39 is 11.8 Å². The first kappa shape index (κ1) is 20.1. The molecule has 0 fully saturated rings. The highest BCUT2D eigenvalue weighted by molar-refractivity contribution is 5.07. The molecule has 6 heteroatoms. The topological polar surface area (TPSA) is 55.4 Å². The molecule has 0 N–H and O–H groups in total. The number of unbranched alkanes of at least 4 members (excludes halogenated alkanes) is 1. The molecule has 1 rings (SSSR count). The van der Waals surface area contributed by atoms with Gasteiger partial charge in [0.25, 0.3) is 5.97 Å². The Kier molecular flexibility index (Phi) is 8.77. The van der Waals surface area contributed by atoms with Crippen LogP contribution in [-0.2, 0) is 28.4 Å². The maximum atomic E-state index is 5.69. The van der Waals surface area contributed by atoms with Gasteiger partial charge in [-0.05, 0) is 18.6 Å². The van der Waals surface area contributed by atoms with Crippen LogP contribution in [-0.4, -0.2) is 53.6 Å². The van der Waals surface area contributed by atoms with Crippen molar-refractivity contribution >= 4 is 0 Å². The minimum Gasteiger partial charge on any atom is -0.352 e. The molecular weight excluding hydrogens is 300 g/mol. The van der Waals surface area contributed by atoms with E-state index in [0.29, 0.717) is 19.3 Å². The van der Waals surface area contributed by atoms with Crippen LogP contribution in [0, 0.1) is 11.8 Å². The monoisotopic (exact) mass is 328 g/mol. The van der Waals surface area contributed by atoms with E-state index in [4.69, 9.17) is 28.4 Å². The Hall–Kier alpha value is -0.940. The molecule has 23 heavy (non-hydrogen) atoms. The Labute approximate surface area is 139 Å². The average molecular weight is 328 g/mol. The molecule has 0 aliphatic carbocycles. The van der Waals surface area contributed by atoms with Crippen molar-refractivity contribution in [1.82, 2.24) is 0 Å². The van der Waals surface area contributed by atoms with E-state index in [1.54, 1.807) is 35.5 Å². The molecule has 0 aromatic heterocycles. The van der Waals surface area contributed by atoms with Gasteiger partial charge in [0.05, 0.1) is 0 Å². The van der Waals surface area contributed by atoms with Gasteiger partial charge in [0.2, 0.25) is 0 Å². The Morgan fingerprint density at radius 3 is 2.22 bits per heavy atom. The van der Waals surface area contributed by atoms with Crippen molar-refractivity contribution < 1.29 is 28.4 Å². The number of methoxy groups -OCH3 is 5. The van der Waals surface area contributed by atoms with E-state index in [9.17, 15) is 0 Å². The van der Waals surface area contributed by atoms with Crippen LogP contribution in [0.25, 0.3) is 0 Å². The molecular formula is C17H28O6. The third-order valence-corrected chi connectivity index (χ3v) is 3.84. The van der Waals surface area contributed by atoms with Crippen molar-refractivity contribution in [3.63, 3.8) is 0 Å². The molecule has 0 spiro atoms. The smallest absolute Gasteiger partial charge is 0.282 e. The SMILES string of the molecule is COC1C=CC(CCC#CCCCC(OC)(OC)OC)(OC)O1. The number of ether oxygens (including phenoxy) is 6. The van der Waals surface area contributed by atoms with Gasteiger partial charge in [0.1, 0.15) is 0 Å². The summed E-state index contributed by atoms with van der Waals surface area (Å²) >= 11 is 0. The highest BCUT2D eigenvalue weighted by Gasteiger charge is 2.35. The first-order valence-electron chi connectivity index (χ1n) is 7.65. The Bertz CT molecular complexity index is 412. The summed E-state index contributed by atoms with van der Waals surface area (Å²) < 4.78 is 32.0. The quantitative estimate of drug-likeness (QED) is 0.266. The number of hydrogen-bond acceptors (Lipinski definition) is 6. The van der Waals surface area contributed by atoms with Crippen molar-refractivity contribution in [2.24, 2.45) is 0 Å². The maximum Gasteiger partial charge on any atom is 0.282 e. The fraction of sp³-hybridized carbons (Fsp3) is 0.765. The number of hydrogen-bond donors (Lipinski definition) is 0. The van der Waals surface area contributed by atoms with Crippen LogP contribution >= 0.6 is 0 Å². The van der Waals surface area contributed by atoms with Gasteiger partial charge in [-0.2, -0.15) is 0 Å². The zero-order chi connectivity index (χ0) is 17.2. The minimum absolute atomic E-state index is 0.354. The zero-order valence-corrected chi connectivity index (χ0v) is 14.7. The van der Waals surface area contributed by atoms with E-state index >= 15 is 0 Å². The predicted molar refractivity (Wildman–Crippen MR) is 85.4 cm³/mol. The average Bonchev–Trinajstić information content (AvgIpc) is 3.02. The van der Waals surface area contributed by atoms with Crippen LogP contribution in [0.1, 0.15) is 32.1 Å². The lowest BCUT2D eigenvalue weighted by atomic mass is 10.1. The first-order chi connectivity index (χ1) is 11.1. The number of rotatable bonds is 10. The molecule has 6 nitrogen and oxygen atoms in total. The van der Waals surface area contributed by atoms with Crippen molar-refractivity contribution in [2.75, 3.05) is 35.5 Å². The van der Waals surface area contributed by atoms with E-state index in [2.05, 4.69) is 11.8 Å². The summed E-state index contributed by atoms with van der Waals surface area (Å²) in [6.45, 7) is 0. The van der Waals surface area contributed by atoms with E-state index in [0.717, 1.165) is 12.8 Å². The lowest BCUT2D eigenvalue weighted by Crippen LogP contribution is -2.35. The van der Waals surface area contributed by atoms with Gasteiger partial charge in [-0.3, -0.25) is 0 Å². The van der Waals surface area contributed by atoms with Gasteiger partial charge in [-0.25, -0.2) is 0 Å². The molecule has 0 saturated heterocycles. The molecule has 0 bridgehead atoms. The summed E-state index contributed by atoms with van der Waals surface area (Å²) in [7, 11) is 7.90. The Morgan fingerprint density at radius 1 is 1.04 bits per heavy atom. The molecule has 0 aromatic rings. The van der Waals surface area contributed by atoms with Gasteiger partial charge in [0, 0.05) is 61.2 Å². The van der Waals surface area contributed by atoms with Crippen LogP contribution in [0.4, 0.5) is 0 Å². The van der Waals surface area contributed by atoms with Crippen LogP contribution in [0.2, 0.25) is 0 Å². The van der Waals surface area contributed by atoms with Crippen LogP contribution in [0.3, 0.4) is 0 Å². The van der Waals surface area contributed by atoms with Crippen molar-refractivity contribution in [1.29, 1.82) is 0 Å². The second-order valence-electron chi connectivity index (χ2n) is 5.10. The lowest BCUT2D eigenvalue weighted by Gasteiger charge is -2.28. The summed E-state index contributed by atoms with van der Waals surface area (Å²) in [6.07, 6.45) is 6.89. The van der Waals surface area contributed by atoms with Crippen LogP contribution < -0.4 is 0 Å². The molecule has 1 aliphatic heterocycles. The largest absolute Gasteiger partial charge is 0.352 e. The van der Waals surface area contributed by atoms with E-state index in [1.807, 2.05) is 12.2 Å². The first-order valence-corrected chi connectivity index (χ1v) is 7.65. The molecule has 1 aliphatic rings. The molecule has 0 saturated carbocycles. The van der Waals surface area contributed by atoms with Gasteiger partial charge >= 0.3 is 0 Å². The maximum absolute atomic E-state index is 5.69. The normalized spacial score (nSPS) is 23.8. The van der Waals surface area contributed by atoms with Gasteiger partial charge in [-0.1, -0.05) is 0 Å². The summed E-state index contributed by atoms with van der Waals surface area (Å²) in [4.78, 5) is 0. The fourth-order valence-electron chi connectivity index (χ4n) is 2.35. The summed E-state index contributed by atoms with van der Waals surface area (Å²) in [5.74, 6) is 4.57. The lowest BCUT2D eigenvalue weighted by molar-refractivity contribution is -0.355. The standard InChI is InChI=1S/C17H28O6/c1-18-15-11-14-16(19-2,23-15)12-9-7-6-8-10-13-17(20-3,21-4)22-5/h11,14-15H,8-10,12-13H2,1-5H3. The van der Waals surface area contributed by atoms with Crippen LogP contribution in [0.5, 0.6) is 0 Å². The Balaban J connectivity index is 2.29. The van der Waals surface area contributed by atoms with Crippen molar-refractivity contribution in [2.45, 2.75) is 50.2 Å². The van der Waals surface area contributed by atoms with Crippen LogP contribution in [0.15, 0.2) is 12.2 Å². The zero-order valence-electron chi connectivity index (χ0n) is 14.7. The second-order valence-corrected chi connectivity index (χ2v) is 5.10. The van der Waals surface area contributed by atoms with Gasteiger partial charge in [0.15, 0.2) is 12.1 Å².